The molecule has 1 amide bonds. The van der Waals surface area contributed by atoms with Crippen molar-refractivity contribution < 1.29 is 4.79 Å². The topological polar surface area (TPSA) is 44.4 Å². The van der Waals surface area contributed by atoms with Crippen molar-refractivity contribution in [3.63, 3.8) is 0 Å². The zero-order chi connectivity index (χ0) is 16.5. The Morgan fingerprint density at radius 3 is 2.92 bits per heavy atom. The highest BCUT2D eigenvalue weighted by molar-refractivity contribution is 7.16. The van der Waals surface area contributed by atoms with Crippen LogP contribution in [0.2, 0.25) is 0 Å². The molecule has 0 unspecified atom stereocenters. The maximum Gasteiger partial charge on any atom is 0.256 e. The molecule has 2 aromatic rings. The Bertz CT molecular complexity index is 781. The van der Waals surface area contributed by atoms with Gasteiger partial charge in [0.05, 0.1) is 5.56 Å². The van der Waals surface area contributed by atoms with Crippen molar-refractivity contribution in [3.05, 3.63) is 58.0 Å². The third-order valence-corrected chi connectivity index (χ3v) is 5.81. The molecular weight excluding hydrogens is 318 g/mol. The molecule has 0 fully saturated rings. The fourth-order valence-electron chi connectivity index (χ4n) is 3.33. The van der Waals surface area contributed by atoms with Crippen molar-refractivity contribution in [2.24, 2.45) is 0 Å². The van der Waals surface area contributed by atoms with Crippen LogP contribution in [0.15, 0.2) is 36.4 Å². The number of nitrogens with one attached hydrogen (secondary N) is 2. The van der Waals surface area contributed by atoms with Crippen molar-refractivity contribution in [3.8, 4) is 0 Å². The van der Waals surface area contributed by atoms with Gasteiger partial charge < -0.3 is 10.6 Å². The number of fused-ring (bicyclic) bond motifs is 3. The van der Waals surface area contributed by atoms with Gasteiger partial charge in [0, 0.05) is 18.0 Å². The summed E-state index contributed by atoms with van der Waals surface area (Å²) in [5, 5.41) is 7.55. The van der Waals surface area contributed by atoms with Crippen molar-refractivity contribution in [1.82, 2.24) is 10.2 Å². The molecule has 0 radical (unpaired) electrons. The fraction of sp³-hybridized carbons (Fsp3) is 0.316. The van der Waals surface area contributed by atoms with Crippen LogP contribution in [0.1, 0.15) is 33.3 Å². The van der Waals surface area contributed by atoms with Crippen molar-refractivity contribution in [2.75, 3.05) is 18.4 Å². The average Bonchev–Trinajstić information content (AvgIpc) is 2.98. The lowest BCUT2D eigenvalue weighted by atomic mass is 10.0. The monoisotopic (exact) mass is 339 g/mol. The van der Waals surface area contributed by atoms with Crippen molar-refractivity contribution in [1.29, 1.82) is 0 Å². The molecule has 2 aliphatic rings. The van der Waals surface area contributed by atoms with Crippen LogP contribution in [-0.2, 0) is 13.0 Å². The Labute approximate surface area is 146 Å². The van der Waals surface area contributed by atoms with Crippen molar-refractivity contribution >= 4 is 28.3 Å². The maximum absolute atomic E-state index is 12.6. The van der Waals surface area contributed by atoms with Crippen LogP contribution in [0.25, 0.3) is 6.08 Å². The number of likely N-dealkylation sites (N-methyl/N-ethyl adjacent to an activating group) is 1. The van der Waals surface area contributed by atoms with Crippen LogP contribution < -0.4 is 10.6 Å². The first-order valence-electron chi connectivity index (χ1n) is 8.42. The predicted molar refractivity (Wildman–Crippen MR) is 99.3 cm³/mol. The zero-order valence-electron chi connectivity index (χ0n) is 13.7. The summed E-state index contributed by atoms with van der Waals surface area (Å²) in [6.45, 7) is 5.25. The first kappa shape index (κ1) is 15.4. The SMILES string of the molecule is CCN1CCc2c(sc3c2C(=O)N[C@H](/C=C\c2ccccc2)N3)C1. The van der Waals surface area contributed by atoms with Crippen LogP contribution in [0.3, 0.4) is 0 Å². The zero-order valence-corrected chi connectivity index (χ0v) is 14.5. The summed E-state index contributed by atoms with van der Waals surface area (Å²) in [6.07, 6.45) is 4.85. The summed E-state index contributed by atoms with van der Waals surface area (Å²) >= 11 is 1.74. The van der Waals surface area contributed by atoms with E-state index in [1.807, 2.05) is 30.4 Å². The summed E-state index contributed by atoms with van der Waals surface area (Å²) < 4.78 is 0. The van der Waals surface area contributed by atoms with E-state index in [-0.39, 0.29) is 12.1 Å². The molecule has 1 aromatic heterocycles. The van der Waals surface area contributed by atoms with Gasteiger partial charge in [-0.2, -0.15) is 0 Å². The van der Waals surface area contributed by atoms with E-state index in [0.717, 1.165) is 42.2 Å². The molecule has 0 aliphatic carbocycles. The molecule has 0 saturated heterocycles. The third-order valence-electron chi connectivity index (χ3n) is 4.66. The number of hydrogen-bond donors (Lipinski definition) is 2. The molecule has 124 valence electrons. The smallest absolute Gasteiger partial charge is 0.256 e. The largest absolute Gasteiger partial charge is 0.353 e. The van der Waals surface area contributed by atoms with Gasteiger partial charge in [-0.25, -0.2) is 0 Å². The van der Waals surface area contributed by atoms with Gasteiger partial charge in [0.2, 0.25) is 0 Å². The van der Waals surface area contributed by atoms with E-state index in [4.69, 9.17) is 0 Å². The number of carbonyl (C=O) groups excluding carboxylic acids is 1. The second kappa shape index (κ2) is 6.42. The van der Waals surface area contributed by atoms with Gasteiger partial charge in [0.25, 0.3) is 5.91 Å². The molecule has 1 atom stereocenters. The molecule has 0 bridgehead atoms. The Kier molecular flexibility index (Phi) is 4.12. The van der Waals surface area contributed by atoms with Crippen LogP contribution >= 0.6 is 11.3 Å². The highest BCUT2D eigenvalue weighted by Crippen LogP contribution is 2.38. The quantitative estimate of drug-likeness (QED) is 0.902. The number of benzene rings is 1. The van der Waals surface area contributed by atoms with Crippen LogP contribution in [0, 0.1) is 0 Å². The first-order valence-corrected chi connectivity index (χ1v) is 9.24. The number of carbonyl (C=O) groups is 1. The minimum atomic E-state index is -0.160. The molecule has 0 spiro atoms. The number of anilines is 1. The molecule has 4 nitrogen and oxygen atoms in total. The number of rotatable bonds is 3. The highest BCUT2D eigenvalue weighted by Gasteiger charge is 2.31. The fourth-order valence-corrected chi connectivity index (χ4v) is 4.65. The lowest BCUT2D eigenvalue weighted by Crippen LogP contribution is -2.43. The van der Waals surface area contributed by atoms with Gasteiger partial charge in [-0.3, -0.25) is 9.69 Å². The van der Waals surface area contributed by atoms with Crippen LogP contribution in [0.4, 0.5) is 5.00 Å². The van der Waals surface area contributed by atoms with E-state index in [2.05, 4.69) is 34.6 Å². The minimum absolute atomic E-state index is 0.0499. The van der Waals surface area contributed by atoms with Crippen LogP contribution in [-0.4, -0.2) is 30.1 Å². The molecule has 2 aliphatic heterocycles. The van der Waals surface area contributed by atoms with E-state index in [1.54, 1.807) is 11.3 Å². The maximum atomic E-state index is 12.6. The van der Waals surface area contributed by atoms with Gasteiger partial charge in [-0.1, -0.05) is 43.3 Å². The highest BCUT2D eigenvalue weighted by atomic mass is 32.1. The number of amides is 1. The standard InChI is InChI=1S/C19H21N3OS/c1-2-22-11-10-14-15(12-22)24-19-17(14)18(23)20-16(21-19)9-8-13-6-4-3-5-7-13/h3-9,16,21H,2,10-12H2,1H3,(H,20,23)/b9-8-/t16-/m0/s1. The second-order valence-electron chi connectivity index (χ2n) is 6.19. The van der Waals surface area contributed by atoms with E-state index < -0.39 is 0 Å². The third kappa shape index (κ3) is 2.85. The van der Waals surface area contributed by atoms with Gasteiger partial charge >= 0.3 is 0 Å². The van der Waals surface area contributed by atoms with Crippen molar-refractivity contribution in [2.45, 2.75) is 26.1 Å². The predicted octanol–water partition coefficient (Wildman–Crippen LogP) is 3.32. The van der Waals surface area contributed by atoms with Crippen LogP contribution in [0.5, 0.6) is 0 Å². The van der Waals surface area contributed by atoms with Gasteiger partial charge in [-0.05, 0) is 30.2 Å². The molecule has 1 aromatic carbocycles. The molecule has 24 heavy (non-hydrogen) atoms. The van der Waals surface area contributed by atoms with E-state index >= 15 is 0 Å². The molecular formula is C19H21N3OS. The number of thiophene rings is 1. The summed E-state index contributed by atoms with van der Waals surface area (Å²) in [4.78, 5) is 16.4. The normalized spacial score (nSPS) is 20.4. The van der Waals surface area contributed by atoms with Gasteiger partial charge in [-0.15, -0.1) is 11.3 Å². The van der Waals surface area contributed by atoms with Gasteiger partial charge in [0.1, 0.15) is 11.2 Å². The summed E-state index contributed by atoms with van der Waals surface area (Å²) in [7, 11) is 0. The Hall–Kier alpha value is -2.11. The van der Waals surface area contributed by atoms with E-state index in [0.29, 0.717) is 0 Å². The summed E-state index contributed by atoms with van der Waals surface area (Å²) in [5.74, 6) is 0.0499. The van der Waals surface area contributed by atoms with E-state index in [9.17, 15) is 4.79 Å². The molecule has 0 saturated carbocycles. The Balaban J connectivity index is 1.56. The average molecular weight is 339 g/mol. The molecule has 2 N–H and O–H groups in total. The lowest BCUT2D eigenvalue weighted by Gasteiger charge is -2.26. The molecule has 4 rings (SSSR count). The summed E-state index contributed by atoms with van der Waals surface area (Å²) in [6, 6.07) is 10.1. The first-order chi connectivity index (χ1) is 11.7. The van der Waals surface area contributed by atoms with Gasteiger partial charge in [0.15, 0.2) is 0 Å². The number of nitrogens with zero attached hydrogens (tertiary/aromatic N) is 1. The second-order valence-corrected chi connectivity index (χ2v) is 7.30. The Morgan fingerprint density at radius 1 is 1.29 bits per heavy atom. The Morgan fingerprint density at radius 2 is 2.12 bits per heavy atom. The lowest BCUT2D eigenvalue weighted by molar-refractivity contribution is 0.0942. The number of hydrogen-bond acceptors (Lipinski definition) is 4. The summed E-state index contributed by atoms with van der Waals surface area (Å²) in [5.41, 5.74) is 3.24. The molecule has 3 heterocycles. The van der Waals surface area contributed by atoms with E-state index in [1.165, 1.54) is 10.4 Å². The minimum Gasteiger partial charge on any atom is -0.353 e. The molecule has 5 heteroatoms.